The Bertz CT molecular complexity index is 327. The number of carboxylic acids is 1. The molecule has 0 aromatic carbocycles. The lowest BCUT2D eigenvalue weighted by Gasteiger charge is -2.32. The van der Waals surface area contributed by atoms with Gasteiger partial charge in [-0.05, 0) is 10.8 Å². The zero-order valence-corrected chi connectivity index (χ0v) is 12.9. The number of hydrogen-bond donors (Lipinski definition) is 3. The third-order valence-electron chi connectivity index (χ3n) is 3.28. The number of carboxylic acid groups (broad SMARTS) is 1. The molecule has 1 amide bonds. The van der Waals surface area contributed by atoms with Gasteiger partial charge in [-0.25, -0.2) is 0 Å². The van der Waals surface area contributed by atoms with Crippen LogP contribution in [-0.4, -0.2) is 29.1 Å². The minimum Gasteiger partial charge on any atom is -0.481 e. The standard InChI is InChI=1S/C14H28N2O3/c1-13(2,3)9(15)7-11(17)16-10(8-12(18)19)14(4,5)6/h9-10H,7-8,15H2,1-6H3,(H,16,17)(H,18,19). The first-order valence-electron chi connectivity index (χ1n) is 6.60. The molecule has 5 nitrogen and oxygen atoms in total. The van der Waals surface area contributed by atoms with Crippen LogP contribution in [0.1, 0.15) is 54.4 Å². The Kier molecular flexibility index (Phi) is 6.00. The van der Waals surface area contributed by atoms with E-state index in [1.54, 1.807) is 0 Å². The second-order valence-corrected chi connectivity index (χ2v) is 7.26. The van der Waals surface area contributed by atoms with Crippen molar-refractivity contribution in [1.29, 1.82) is 0 Å². The van der Waals surface area contributed by atoms with Crippen LogP contribution in [0.25, 0.3) is 0 Å². The molecule has 19 heavy (non-hydrogen) atoms. The maximum Gasteiger partial charge on any atom is 0.305 e. The van der Waals surface area contributed by atoms with Gasteiger partial charge in [0.05, 0.1) is 6.42 Å². The van der Waals surface area contributed by atoms with Crippen LogP contribution in [0.3, 0.4) is 0 Å². The number of hydrogen-bond acceptors (Lipinski definition) is 3. The van der Waals surface area contributed by atoms with Gasteiger partial charge >= 0.3 is 5.97 Å². The second kappa shape index (κ2) is 6.37. The van der Waals surface area contributed by atoms with Crippen molar-refractivity contribution in [2.24, 2.45) is 16.6 Å². The Morgan fingerprint density at radius 3 is 1.84 bits per heavy atom. The third kappa shape index (κ3) is 7.15. The van der Waals surface area contributed by atoms with Crippen LogP contribution in [0.4, 0.5) is 0 Å². The smallest absolute Gasteiger partial charge is 0.305 e. The van der Waals surface area contributed by atoms with E-state index in [9.17, 15) is 9.59 Å². The Balaban J connectivity index is 4.61. The molecule has 0 aromatic rings. The number of nitrogens with one attached hydrogen (secondary N) is 1. The zero-order chi connectivity index (χ0) is 15.4. The highest BCUT2D eigenvalue weighted by Crippen LogP contribution is 2.23. The average Bonchev–Trinajstić information content (AvgIpc) is 2.12. The lowest BCUT2D eigenvalue weighted by Crippen LogP contribution is -2.48. The summed E-state index contributed by atoms with van der Waals surface area (Å²) in [4.78, 5) is 22.8. The van der Waals surface area contributed by atoms with Gasteiger partial charge < -0.3 is 16.2 Å². The van der Waals surface area contributed by atoms with E-state index in [1.165, 1.54) is 0 Å². The maximum absolute atomic E-state index is 12.0. The molecule has 2 unspecified atom stereocenters. The van der Waals surface area contributed by atoms with Crippen LogP contribution >= 0.6 is 0 Å². The molecule has 0 saturated carbocycles. The molecule has 0 heterocycles. The number of carbonyl (C=O) groups is 2. The van der Waals surface area contributed by atoms with E-state index in [4.69, 9.17) is 10.8 Å². The molecule has 0 aromatic heterocycles. The monoisotopic (exact) mass is 272 g/mol. The fraction of sp³-hybridized carbons (Fsp3) is 0.857. The molecular weight excluding hydrogens is 244 g/mol. The maximum atomic E-state index is 12.0. The summed E-state index contributed by atoms with van der Waals surface area (Å²) in [5, 5.41) is 11.7. The summed E-state index contributed by atoms with van der Waals surface area (Å²) in [6.07, 6.45) is 0.121. The molecule has 112 valence electrons. The summed E-state index contributed by atoms with van der Waals surface area (Å²) >= 11 is 0. The van der Waals surface area contributed by atoms with Crippen molar-refractivity contribution in [2.45, 2.75) is 66.5 Å². The van der Waals surface area contributed by atoms with Gasteiger partial charge in [-0.3, -0.25) is 9.59 Å². The highest BCUT2D eigenvalue weighted by atomic mass is 16.4. The van der Waals surface area contributed by atoms with Gasteiger partial charge in [0.1, 0.15) is 0 Å². The number of aliphatic carboxylic acids is 1. The normalized spacial score (nSPS) is 15.7. The molecule has 0 bridgehead atoms. The molecule has 0 spiro atoms. The fourth-order valence-electron chi connectivity index (χ4n) is 1.51. The average molecular weight is 272 g/mol. The van der Waals surface area contributed by atoms with E-state index < -0.39 is 12.0 Å². The second-order valence-electron chi connectivity index (χ2n) is 7.26. The van der Waals surface area contributed by atoms with Gasteiger partial charge in [0.15, 0.2) is 0 Å². The summed E-state index contributed by atoms with van der Waals surface area (Å²) in [5.74, 6) is -1.11. The Labute approximate surface area is 115 Å². The summed E-state index contributed by atoms with van der Waals surface area (Å²) in [5.41, 5.74) is 5.50. The molecule has 5 heteroatoms. The molecule has 2 atom stereocenters. The van der Waals surface area contributed by atoms with Crippen molar-refractivity contribution in [3.8, 4) is 0 Å². The molecule has 0 aliphatic rings. The van der Waals surface area contributed by atoms with Gasteiger partial charge in [-0.1, -0.05) is 41.5 Å². The predicted molar refractivity (Wildman–Crippen MR) is 75.7 cm³/mol. The molecule has 0 aliphatic carbocycles. The first kappa shape index (κ1) is 17.9. The minimum atomic E-state index is -0.916. The summed E-state index contributed by atoms with van der Waals surface area (Å²) < 4.78 is 0. The van der Waals surface area contributed by atoms with Crippen LogP contribution in [-0.2, 0) is 9.59 Å². The van der Waals surface area contributed by atoms with E-state index in [0.29, 0.717) is 0 Å². The van der Waals surface area contributed by atoms with Gasteiger partial charge in [0.2, 0.25) is 5.91 Å². The SMILES string of the molecule is CC(C)(C)C(N)CC(=O)NC(CC(=O)O)C(C)(C)C. The highest BCUT2D eigenvalue weighted by Gasteiger charge is 2.30. The van der Waals surface area contributed by atoms with Gasteiger partial charge in [0, 0.05) is 18.5 Å². The van der Waals surface area contributed by atoms with Crippen molar-refractivity contribution < 1.29 is 14.7 Å². The number of amides is 1. The van der Waals surface area contributed by atoms with Crippen LogP contribution in [0.5, 0.6) is 0 Å². The van der Waals surface area contributed by atoms with Crippen LogP contribution in [0.15, 0.2) is 0 Å². The molecule has 0 radical (unpaired) electrons. The van der Waals surface area contributed by atoms with Crippen LogP contribution < -0.4 is 11.1 Å². The van der Waals surface area contributed by atoms with Gasteiger partial charge in [-0.15, -0.1) is 0 Å². The summed E-state index contributed by atoms with van der Waals surface area (Å²) in [7, 11) is 0. The Morgan fingerprint density at radius 1 is 1.05 bits per heavy atom. The van der Waals surface area contributed by atoms with E-state index in [0.717, 1.165) is 0 Å². The zero-order valence-electron chi connectivity index (χ0n) is 12.9. The van der Waals surface area contributed by atoms with Crippen molar-refractivity contribution in [1.82, 2.24) is 5.32 Å². The molecule has 0 aliphatic heterocycles. The van der Waals surface area contributed by atoms with E-state index >= 15 is 0 Å². The number of rotatable bonds is 5. The van der Waals surface area contributed by atoms with Crippen LogP contribution in [0, 0.1) is 10.8 Å². The van der Waals surface area contributed by atoms with E-state index in [1.807, 2.05) is 41.5 Å². The lowest BCUT2D eigenvalue weighted by molar-refractivity contribution is -0.138. The third-order valence-corrected chi connectivity index (χ3v) is 3.28. The highest BCUT2D eigenvalue weighted by molar-refractivity contribution is 5.78. The molecule has 4 N–H and O–H groups in total. The van der Waals surface area contributed by atoms with E-state index in [2.05, 4.69) is 5.32 Å². The van der Waals surface area contributed by atoms with Gasteiger partial charge in [-0.2, -0.15) is 0 Å². The van der Waals surface area contributed by atoms with E-state index in [-0.39, 0.29) is 35.6 Å². The minimum absolute atomic E-state index is 0.0833. The summed E-state index contributed by atoms with van der Waals surface area (Å²) in [6, 6.07) is -0.650. The number of carbonyl (C=O) groups excluding carboxylic acids is 1. The first-order chi connectivity index (χ1) is 8.34. The quantitative estimate of drug-likeness (QED) is 0.711. The fourth-order valence-corrected chi connectivity index (χ4v) is 1.51. The lowest BCUT2D eigenvalue weighted by atomic mass is 9.83. The predicted octanol–water partition coefficient (Wildman–Crippen LogP) is 1.76. The molecule has 0 fully saturated rings. The molecular formula is C14H28N2O3. The topological polar surface area (TPSA) is 92.4 Å². The van der Waals surface area contributed by atoms with Crippen molar-refractivity contribution in [3.05, 3.63) is 0 Å². The van der Waals surface area contributed by atoms with Crippen molar-refractivity contribution >= 4 is 11.9 Å². The largest absolute Gasteiger partial charge is 0.481 e. The van der Waals surface area contributed by atoms with Gasteiger partial charge in [0.25, 0.3) is 0 Å². The Morgan fingerprint density at radius 2 is 1.53 bits per heavy atom. The number of nitrogens with two attached hydrogens (primary N) is 1. The molecule has 0 saturated heterocycles. The van der Waals surface area contributed by atoms with Crippen molar-refractivity contribution in [3.63, 3.8) is 0 Å². The summed E-state index contributed by atoms with van der Waals surface area (Å²) in [6.45, 7) is 11.6. The molecule has 0 rings (SSSR count). The first-order valence-corrected chi connectivity index (χ1v) is 6.60. The van der Waals surface area contributed by atoms with Crippen LogP contribution in [0.2, 0.25) is 0 Å². The Hall–Kier alpha value is -1.10. The van der Waals surface area contributed by atoms with Crippen molar-refractivity contribution in [2.75, 3.05) is 0 Å².